The van der Waals surface area contributed by atoms with E-state index in [2.05, 4.69) is 286 Å². The Labute approximate surface area is 375 Å². The van der Waals surface area contributed by atoms with Crippen molar-refractivity contribution < 1.29 is 0 Å². The van der Waals surface area contributed by atoms with E-state index in [1.54, 1.807) is 0 Å². The van der Waals surface area contributed by atoms with Crippen molar-refractivity contribution in [2.24, 2.45) is 14.0 Å². The molecule has 64 heavy (non-hydrogen) atoms. The van der Waals surface area contributed by atoms with Crippen LogP contribution in [0.2, 0.25) is 0 Å². The smallest absolute Gasteiger partial charge is 0.273 e. The molecule has 9 aromatic rings. The van der Waals surface area contributed by atoms with E-state index in [-0.39, 0.29) is 0 Å². The molecule has 9 heteroatoms. The maximum atomic E-state index is 6.70. The Kier molecular flexibility index (Phi) is 11.6. The maximum absolute atomic E-state index is 6.70. The predicted molar refractivity (Wildman–Crippen MR) is 272 cm³/mol. The summed E-state index contributed by atoms with van der Waals surface area (Å²) in [6.45, 7) is 0. The summed E-state index contributed by atoms with van der Waals surface area (Å²) in [7, 11) is -7.36. The molecule has 0 saturated carbocycles. The van der Waals surface area contributed by atoms with Gasteiger partial charge in [-0.05, 0) is 97.1 Å². The average molecular weight is 866 g/mol. The third-order valence-corrected chi connectivity index (χ3v) is 17.6. The summed E-state index contributed by atoms with van der Waals surface area (Å²) >= 11 is 0. The van der Waals surface area contributed by atoms with Crippen molar-refractivity contribution in [2.75, 3.05) is 18.7 Å². The second-order valence-electron chi connectivity index (χ2n) is 15.0. The number of rotatable bonds is 13. The standard InChI is InChI=1S/C55H45N7P2/c1-10-28-46(29-11-1)55-56-63(59(47-30-12-2-13-31-47)48-32-14-3-15-33-48,60(49-34-16-4-17-35-49)50-36-18-5-19-37-50)58-64(57-55,61(51-38-20-6-21-39-51)52-40-22-7-23-41-52)62(53-42-24-8-25-43-53)54-44-26-9-27-45-54/h1-45H. The lowest BCUT2D eigenvalue weighted by molar-refractivity contribution is 1.25. The van der Waals surface area contributed by atoms with Crippen molar-refractivity contribution in [1.82, 2.24) is 0 Å². The van der Waals surface area contributed by atoms with Gasteiger partial charge in [0.1, 0.15) is 0 Å². The lowest BCUT2D eigenvalue weighted by Crippen LogP contribution is -2.32. The van der Waals surface area contributed by atoms with Gasteiger partial charge in [0, 0.05) is 51.1 Å². The highest BCUT2D eigenvalue weighted by atomic mass is 31.2. The molecule has 0 fully saturated rings. The number of nitrogens with zero attached hydrogens (tertiary/aromatic N) is 7. The van der Waals surface area contributed by atoms with E-state index in [0.717, 1.165) is 51.1 Å². The summed E-state index contributed by atoms with van der Waals surface area (Å²) < 4.78 is 28.6. The van der Waals surface area contributed by atoms with Gasteiger partial charge in [-0.25, -0.2) is 0 Å². The Bertz CT molecular complexity index is 2550. The van der Waals surface area contributed by atoms with Gasteiger partial charge in [-0.1, -0.05) is 176 Å². The maximum Gasteiger partial charge on any atom is 0.281 e. The summed E-state index contributed by atoms with van der Waals surface area (Å²) in [5.41, 5.74) is 8.41. The molecule has 0 N–H and O–H groups in total. The van der Waals surface area contributed by atoms with E-state index >= 15 is 0 Å². The molecule has 1 heterocycles. The van der Waals surface area contributed by atoms with Crippen molar-refractivity contribution in [2.45, 2.75) is 0 Å². The summed E-state index contributed by atoms with van der Waals surface area (Å²) in [6, 6.07) is 95.1. The molecule has 0 aromatic heterocycles. The zero-order valence-electron chi connectivity index (χ0n) is 35.0. The topological polar surface area (TPSA) is 50.0 Å². The second-order valence-corrected chi connectivity index (χ2v) is 19.8. The monoisotopic (exact) mass is 865 g/mol. The van der Waals surface area contributed by atoms with Gasteiger partial charge < -0.3 is 0 Å². The quantitative estimate of drug-likeness (QED) is 0.108. The van der Waals surface area contributed by atoms with Crippen LogP contribution in [-0.2, 0) is 0 Å². The van der Waals surface area contributed by atoms with Crippen LogP contribution < -0.4 is 18.7 Å². The van der Waals surface area contributed by atoms with Crippen molar-refractivity contribution in [1.29, 1.82) is 0 Å². The summed E-state index contributed by atoms with van der Waals surface area (Å²) in [5, 5.41) is 0. The van der Waals surface area contributed by atoms with Gasteiger partial charge in [0.15, 0.2) is 5.84 Å². The van der Waals surface area contributed by atoms with Crippen LogP contribution in [-0.4, -0.2) is 5.84 Å². The second kappa shape index (κ2) is 18.3. The van der Waals surface area contributed by atoms with Crippen molar-refractivity contribution in [3.05, 3.63) is 279 Å². The first-order valence-corrected chi connectivity index (χ1v) is 24.5. The fourth-order valence-corrected chi connectivity index (χ4v) is 16.1. The zero-order chi connectivity index (χ0) is 43.0. The number of hydrogen-bond acceptors (Lipinski definition) is 7. The largest absolute Gasteiger partial charge is 0.281 e. The third-order valence-electron chi connectivity index (χ3n) is 10.8. The number of hydrogen-bond donors (Lipinski definition) is 0. The van der Waals surface area contributed by atoms with Gasteiger partial charge in [-0.15, -0.1) is 0 Å². The predicted octanol–water partition coefficient (Wildman–Crippen LogP) is 16.7. The molecule has 310 valence electrons. The van der Waals surface area contributed by atoms with E-state index < -0.39 is 15.0 Å². The van der Waals surface area contributed by atoms with Gasteiger partial charge >= 0.3 is 0 Å². The first kappa shape index (κ1) is 40.4. The lowest BCUT2D eigenvalue weighted by Gasteiger charge is -2.49. The Morgan fingerprint density at radius 3 is 0.672 bits per heavy atom. The average Bonchev–Trinajstić information content (AvgIpc) is 3.37. The van der Waals surface area contributed by atoms with Crippen molar-refractivity contribution >= 4 is 66.3 Å². The fraction of sp³-hybridized carbons (Fsp3) is 0. The minimum atomic E-state index is -3.68. The summed E-state index contributed by atoms with van der Waals surface area (Å²) in [4.78, 5) is 0. The SMILES string of the molecule is c1ccc(C2=NP(N(c3ccccc3)c3ccccc3)(N(c3ccccc3)c3ccccc3)=NP(N(c3ccccc3)c3ccccc3)(N(c3ccccc3)c3ccccc3)=N2)cc1. The first-order valence-electron chi connectivity index (χ1n) is 21.3. The number of amidine groups is 1. The molecule has 0 saturated heterocycles. The van der Waals surface area contributed by atoms with Gasteiger partial charge in [0.2, 0.25) is 0 Å². The van der Waals surface area contributed by atoms with Gasteiger partial charge in [0.25, 0.3) is 15.0 Å². The van der Waals surface area contributed by atoms with Crippen molar-refractivity contribution in [3.63, 3.8) is 0 Å². The number of para-hydroxylation sites is 8. The molecule has 7 nitrogen and oxygen atoms in total. The normalized spacial score (nSPS) is 13.6. The summed E-state index contributed by atoms with van der Waals surface area (Å²) in [5.74, 6) is 0.597. The molecular formula is C55H45N7P2. The van der Waals surface area contributed by atoms with E-state index in [9.17, 15) is 0 Å². The fourth-order valence-electron chi connectivity index (χ4n) is 8.08. The number of benzene rings is 9. The molecule has 0 radical (unpaired) electrons. The molecule has 1 aliphatic heterocycles. The highest BCUT2D eigenvalue weighted by Crippen LogP contribution is 2.79. The van der Waals surface area contributed by atoms with Crippen LogP contribution in [0, 0.1) is 0 Å². The highest BCUT2D eigenvalue weighted by molar-refractivity contribution is 7.81. The van der Waals surface area contributed by atoms with E-state index in [1.807, 2.05) is 6.07 Å². The third kappa shape index (κ3) is 7.84. The first-order chi connectivity index (χ1) is 31.7. The van der Waals surface area contributed by atoms with Crippen LogP contribution in [0.3, 0.4) is 0 Å². The highest BCUT2D eigenvalue weighted by Gasteiger charge is 2.49. The molecule has 0 aliphatic carbocycles. The Hall–Kier alpha value is -7.69. The molecule has 0 unspecified atom stereocenters. The minimum Gasteiger partial charge on any atom is -0.273 e. The Balaban J connectivity index is 1.50. The van der Waals surface area contributed by atoms with Gasteiger partial charge in [0.05, 0.1) is 0 Å². The zero-order valence-corrected chi connectivity index (χ0v) is 36.8. The van der Waals surface area contributed by atoms with Crippen LogP contribution >= 0.6 is 15.0 Å². The molecule has 0 amide bonds. The van der Waals surface area contributed by atoms with Crippen molar-refractivity contribution in [3.8, 4) is 0 Å². The molecule has 0 atom stereocenters. The number of anilines is 8. The Morgan fingerprint density at radius 1 is 0.234 bits per heavy atom. The van der Waals surface area contributed by atoms with Gasteiger partial charge in [-0.2, -0.15) is 14.0 Å². The van der Waals surface area contributed by atoms with E-state index in [0.29, 0.717) is 5.84 Å². The minimum absolute atomic E-state index is 0.597. The van der Waals surface area contributed by atoms with E-state index in [4.69, 9.17) is 14.0 Å². The summed E-state index contributed by atoms with van der Waals surface area (Å²) in [6.07, 6.45) is 0. The van der Waals surface area contributed by atoms with Crippen LogP contribution in [0.15, 0.2) is 287 Å². The Morgan fingerprint density at radius 2 is 0.438 bits per heavy atom. The van der Waals surface area contributed by atoms with Crippen LogP contribution in [0.4, 0.5) is 45.5 Å². The van der Waals surface area contributed by atoms with Gasteiger partial charge in [-0.3, -0.25) is 18.7 Å². The molecule has 1 aliphatic rings. The van der Waals surface area contributed by atoms with Crippen LogP contribution in [0.1, 0.15) is 5.56 Å². The molecule has 9 aromatic carbocycles. The van der Waals surface area contributed by atoms with Crippen LogP contribution in [0.25, 0.3) is 0 Å². The van der Waals surface area contributed by atoms with E-state index in [1.165, 1.54) is 0 Å². The lowest BCUT2D eigenvalue weighted by atomic mass is 10.2. The molecule has 10 rings (SSSR count). The molecular weight excluding hydrogens is 821 g/mol. The molecule has 0 spiro atoms. The van der Waals surface area contributed by atoms with Crippen LogP contribution in [0.5, 0.6) is 0 Å². The molecule has 0 bridgehead atoms.